The van der Waals surface area contributed by atoms with E-state index < -0.39 is 0 Å². The second kappa shape index (κ2) is 6.12. The highest BCUT2D eigenvalue weighted by Crippen LogP contribution is 2.12. The third-order valence-corrected chi connectivity index (χ3v) is 3.53. The zero-order chi connectivity index (χ0) is 13.0. The Hall–Kier alpha value is -1.19. The van der Waals surface area contributed by atoms with Crippen LogP contribution in [0.15, 0.2) is 24.3 Å². The van der Waals surface area contributed by atoms with Gasteiger partial charge in [0.2, 0.25) is 0 Å². The number of nitrogens with one attached hydrogen (secondary N) is 1. The van der Waals surface area contributed by atoms with E-state index in [0.717, 1.165) is 38.3 Å². The molecule has 2 rings (SSSR count). The van der Waals surface area contributed by atoms with Crippen molar-refractivity contribution in [1.82, 2.24) is 10.2 Å². The van der Waals surface area contributed by atoms with Crippen LogP contribution in [0.5, 0.6) is 0 Å². The fraction of sp³-hybridized carbons (Fsp3) is 0.533. The van der Waals surface area contributed by atoms with Gasteiger partial charge in [-0.2, -0.15) is 0 Å². The Morgan fingerprint density at radius 1 is 1.28 bits per heavy atom. The molecule has 1 fully saturated rings. The van der Waals surface area contributed by atoms with Gasteiger partial charge in [0.25, 0.3) is 0 Å². The predicted octanol–water partition coefficient (Wildman–Crippen LogP) is 1.72. The van der Waals surface area contributed by atoms with Gasteiger partial charge >= 0.3 is 0 Å². The lowest BCUT2D eigenvalue weighted by atomic mass is 9.98. The summed E-state index contributed by atoms with van der Waals surface area (Å²) in [5.74, 6) is 0.333. The first kappa shape index (κ1) is 13.2. The highest BCUT2D eigenvalue weighted by molar-refractivity contribution is 5.97. The number of carbonyl (C=O) groups is 1. The molecule has 98 valence electrons. The van der Waals surface area contributed by atoms with Gasteiger partial charge in [0, 0.05) is 44.2 Å². The summed E-state index contributed by atoms with van der Waals surface area (Å²) in [7, 11) is 0. The van der Waals surface area contributed by atoms with Crippen LogP contribution in [0, 0.1) is 12.8 Å². The third-order valence-electron chi connectivity index (χ3n) is 3.53. The van der Waals surface area contributed by atoms with E-state index in [9.17, 15) is 4.79 Å². The molecule has 1 aliphatic rings. The van der Waals surface area contributed by atoms with E-state index in [1.54, 1.807) is 0 Å². The first-order chi connectivity index (χ1) is 8.66. The smallest absolute Gasteiger partial charge is 0.166 e. The maximum absolute atomic E-state index is 12.3. The molecule has 1 heterocycles. The van der Waals surface area contributed by atoms with E-state index in [1.807, 2.05) is 38.1 Å². The largest absolute Gasteiger partial charge is 0.314 e. The minimum atomic E-state index is 0.0748. The molecule has 1 unspecified atom stereocenters. The van der Waals surface area contributed by atoms with Gasteiger partial charge in [-0.05, 0) is 6.92 Å². The van der Waals surface area contributed by atoms with Crippen LogP contribution < -0.4 is 5.32 Å². The Balaban J connectivity index is 1.93. The van der Waals surface area contributed by atoms with Crippen molar-refractivity contribution in [2.24, 2.45) is 5.92 Å². The molecule has 18 heavy (non-hydrogen) atoms. The lowest BCUT2D eigenvalue weighted by Crippen LogP contribution is -2.45. The molecular weight excluding hydrogens is 224 g/mol. The molecule has 1 N–H and O–H groups in total. The molecular formula is C15H22N2O. The number of piperazine rings is 1. The molecule has 0 spiro atoms. The van der Waals surface area contributed by atoms with Crippen molar-refractivity contribution in [3.8, 4) is 0 Å². The van der Waals surface area contributed by atoms with Crippen LogP contribution in [0.2, 0.25) is 0 Å². The van der Waals surface area contributed by atoms with Crippen LogP contribution in [-0.2, 0) is 0 Å². The third kappa shape index (κ3) is 3.40. The molecule has 0 aliphatic carbocycles. The fourth-order valence-corrected chi connectivity index (χ4v) is 2.37. The van der Waals surface area contributed by atoms with Gasteiger partial charge in [-0.15, -0.1) is 0 Å². The average Bonchev–Trinajstić information content (AvgIpc) is 2.40. The summed E-state index contributed by atoms with van der Waals surface area (Å²) in [6.45, 7) is 9.10. The minimum absolute atomic E-state index is 0.0748. The summed E-state index contributed by atoms with van der Waals surface area (Å²) in [6, 6.07) is 7.88. The molecule has 1 saturated heterocycles. The Morgan fingerprint density at radius 3 is 2.50 bits per heavy atom. The second-order valence-electron chi connectivity index (χ2n) is 5.18. The molecule has 1 atom stereocenters. The van der Waals surface area contributed by atoms with Gasteiger partial charge in [-0.25, -0.2) is 0 Å². The van der Waals surface area contributed by atoms with Crippen LogP contribution in [0.4, 0.5) is 0 Å². The van der Waals surface area contributed by atoms with E-state index >= 15 is 0 Å². The van der Waals surface area contributed by atoms with E-state index in [2.05, 4.69) is 10.2 Å². The number of nitrogens with zero attached hydrogens (tertiary/aromatic N) is 1. The highest BCUT2D eigenvalue weighted by Gasteiger charge is 2.19. The number of Topliss-reactive ketones (excluding diaryl/α,β-unsaturated/α-hetero) is 1. The molecule has 1 aromatic rings. The number of hydrogen-bond acceptors (Lipinski definition) is 3. The van der Waals surface area contributed by atoms with Crippen LogP contribution in [0.1, 0.15) is 22.8 Å². The van der Waals surface area contributed by atoms with Crippen molar-refractivity contribution in [3.63, 3.8) is 0 Å². The van der Waals surface area contributed by atoms with Crippen LogP contribution in [0.25, 0.3) is 0 Å². The summed E-state index contributed by atoms with van der Waals surface area (Å²) >= 11 is 0. The highest BCUT2D eigenvalue weighted by atomic mass is 16.1. The second-order valence-corrected chi connectivity index (χ2v) is 5.18. The number of carbonyl (C=O) groups excluding carboxylic acids is 1. The van der Waals surface area contributed by atoms with E-state index in [1.165, 1.54) is 5.56 Å². The molecule has 1 aromatic carbocycles. The van der Waals surface area contributed by atoms with E-state index in [-0.39, 0.29) is 11.7 Å². The molecule has 3 nitrogen and oxygen atoms in total. The number of ketones is 1. The quantitative estimate of drug-likeness (QED) is 0.821. The van der Waals surface area contributed by atoms with Gasteiger partial charge in [-0.1, -0.05) is 36.8 Å². The lowest BCUT2D eigenvalue weighted by Gasteiger charge is -2.29. The molecule has 0 radical (unpaired) electrons. The van der Waals surface area contributed by atoms with E-state index in [4.69, 9.17) is 0 Å². The van der Waals surface area contributed by atoms with Crippen LogP contribution >= 0.6 is 0 Å². The first-order valence-electron chi connectivity index (χ1n) is 6.71. The Kier molecular flexibility index (Phi) is 4.50. The van der Waals surface area contributed by atoms with Crippen molar-refractivity contribution in [2.45, 2.75) is 13.8 Å². The van der Waals surface area contributed by atoms with Crippen molar-refractivity contribution in [3.05, 3.63) is 35.4 Å². The number of aryl methyl sites for hydroxylation is 1. The summed E-state index contributed by atoms with van der Waals surface area (Å²) in [6.07, 6.45) is 0. The van der Waals surface area contributed by atoms with Crippen molar-refractivity contribution in [1.29, 1.82) is 0 Å². The minimum Gasteiger partial charge on any atom is -0.314 e. The lowest BCUT2D eigenvalue weighted by molar-refractivity contribution is 0.0887. The SMILES string of the molecule is Cc1ccc(C(=O)C(C)CN2CCNCC2)cc1. The molecule has 0 aromatic heterocycles. The zero-order valence-electron chi connectivity index (χ0n) is 11.3. The first-order valence-corrected chi connectivity index (χ1v) is 6.71. The number of hydrogen-bond donors (Lipinski definition) is 1. The standard InChI is InChI=1S/C15H22N2O/c1-12-3-5-14(6-4-12)15(18)13(2)11-17-9-7-16-8-10-17/h3-6,13,16H,7-11H2,1-2H3. The molecule has 1 aliphatic heterocycles. The van der Waals surface area contributed by atoms with Gasteiger partial charge in [-0.3, -0.25) is 4.79 Å². The molecule has 3 heteroatoms. The van der Waals surface area contributed by atoms with Gasteiger partial charge < -0.3 is 10.2 Å². The summed E-state index contributed by atoms with van der Waals surface area (Å²) in [5, 5.41) is 3.33. The Bertz CT molecular complexity index is 393. The monoisotopic (exact) mass is 246 g/mol. The van der Waals surface area contributed by atoms with Gasteiger partial charge in [0.15, 0.2) is 5.78 Å². The van der Waals surface area contributed by atoms with E-state index in [0.29, 0.717) is 0 Å². The fourth-order valence-electron chi connectivity index (χ4n) is 2.37. The van der Waals surface area contributed by atoms with Crippen molar-refractivity contribution >= 4 is 5.78 Å². The maximum Gasteiger partial charge on any atom is 0.166 e. The predicted molar refractivity (Wildman–Crippen MR) is 74.0 cm³/mol. The number of benzene rings is 1. The van der Waals surface area contributed by atoms with Crippen molar-refractivity contribution in [2.75, 3.05) is 32.7 Å². The van der Waals surface area contributed by atoms with Crippen LogP contribution in [-0.4, -0.2) is 43.4 Å². The number of rotatable bonds is 4. The van der Waals surface area contributed by atoms with Crippen LogP contribution in [0.3, 0.4) is 0 Å². The molecule has 0 bridgehead atoms. The maximum atomic E-state index is 12.3. The van der Waals surface area contributed by atoms with Crippen molar-refractivity contribution < 1.29 is 4.79 Å². The summed E-state index contributed by atoms with van der Waals surface area (Å²) in [4.78, 5) is 14.7. The Labute approximate surface area is 109 Å². The molecule has 0 saturated carbocycles. The average molecular weight is 246 g/mol. The molecule has 0 amide bonds. The normalized spacial score (nSPS) is 18.6. The zero-order valence-corrected chi connectivity index (χ0v) is 11.3. The van der Waals surface area contributed by atoms with Gasteiger partial charge in [0.1, 0.15) is 0 Å². The topological polar surface area (TPSA) is 32.3 Å². The Morgan fingerprint density at radius 2 is 1.89 bits per heavy atom. The van der Waals surface area contributed by atoms with Gasteiger partial charge in [0.05, 0.1) is 0 Å². The summed E-state index contributed by atoms with van der Waals surface area (Å²) < 4.78 is 0. The summed E-state index contributed by atoms with van der Waals surface area (Å²) in [5.41, 5.74) is 2.03.